The Kier molecular flexibility index (Phi) is 32.6. The van der Waals surface area contributed by atoms with Crippen molar-refractivity contribution in [3.63, 3.8) is 0 Å². The highest BCUT2D eigenvalue weighted by Crippen LogP contribution is 2.12. The highest BCUT2D eigenvalue weighted by atomic mass is 16.3. The standard InChI is InChI=1S/C39H67NO3/c1-3-5-7-9-11-12-13-14-15-16-17-18-19-20-21-22-23-24-25-26-27-28-29-31-33-35-39(43)40-37(36-41)38(42)34-32-30-10-8-6-4-2/h5,7,11-12,14-15,17-18,20-21,23-24,37-38,41-42H,3-4,6,8-10,13,16,19,22,25-36H2,1-2H3,(H,40,43)/b7-5-,12-11-,15-14-,18-17-,21-20-,24-23-. The lowest BCUT2D eigenvalue weighted by Gasteiger charge is -2.22. The Morgan fingerprint density at radius 3 is 1.53 bits per heavy atom. The average Bonchev–Trinajstić information content (AvgIpc) is 3.01. The first-order chi connectivity index (χ1) is 21.2. The fourth-order valence-electron chi connectivity index (χ4n) is 4.77. The zero-order valence-electron chi connectivity index (χ0n) is 27.9. The molecule has 0 bridgehead atoms. The number of aliphatic hydroxyl groups is 2. The second-order valence-electron chi connectivity index (χ2n) is 11.6. The molecule has 2 atom stereocenters. The van der Waals surface area contributed by atoms with Crippen molar-refractivity contribution in [3.05, 3.63) is 72.9 Å². The molecule has 0 aromatic rings. The topological polar surface area (TPSA) is 69.6 Å². The molecule has 0 aliphatic heterocycles. The van der Waals surface area contributed by atoms with E-state index in [0.29, 0.717) is 12.8 Å². The third-order valence-electron chi connectivity index (χ3n) is 7.48. The van der Waals surface area contributed by atoms with Crippen LogP contribution in [0.2, 0.25) is 0 Å². The molecule has 0 rings (SSSR count). The van der Waals surface area contributed by atoms with Crippen molar-refractivity contribution in [2.75, 3.05) is 6.61 Å². The van der Waals surface area contributed by atoms with E-state index in [9.17, 15) is 15.0 Å². The molecule has 0 aromatic heterocycles. The minimum Gasteiger partial charge on any atom is -0.394 e. The number of rotatable bonds is 30. The summed E-state index contributed by atoms with van der Waals surface area (Å²) in [7, 11) is 0. The van der Waals surface area contributed by atoms with Crippen molar-refractivity contribution in [1.82, 2.24) is 5.32 Å². The number of carbonyl (C=O) groups is 1. The van der Waals surface area contributed by atoms with Crippen molar-refractivity contribution in [2.24, 2.45) is 0 Å². The van der Waals surface area contributed by atoms with Crippen LogP contribution >= 0.6 is 0 Å². The lowest BCUT2D eigenvalue weighted by Crippen LogP contribution is -2.45. The van der Waals surface area contributed by atoms with Gasteiger partial charge in [0.15, 0.2) is 0 Å². The molecule has 0 saturated carbocycles. The third kappa shape index (κ3) is 31.1. The van der Waals surface area contributed by atoms with Crippen LogP contribution in [0.15, 0.2) is 72.9 Å². The maximum absolute atomic E-state index is 12.2. The number of hydrogen-bond donors (Lipinski definition) is 3. The van der Waals surface area contributed by atoms with E-state index in [0.717, 1.165) is 77.0 Å². The van der Waals surface area contributed by atoms with E-state index in [1.165, 1.54) is 44.9 Å². The SMILES string of the molecule is CC/C=C\C/C=C\C/C=C\C/C=C\C/C=C\C/C=C\CCCCCCCCC(=O)NC(CO)C(O)CCCCCCCC. The zero-order chi connectivity index (χ0) is 31.5. The van der Waals surface area contributed by atoms with Crippen molar-refractivity contribution in [2.45, 2.75) is 161 Å². The summed E-state index contributed by atoms with van der Waals surface area (Å²) in [6.07, 6.45) is 48.3. The molecule has 3 N–H and O–H groups in total. The van der Waals surface area contributed by atoms with Gasteiger partial charge in [0, 0.05) is 6.42 Å². The van der Waals surface area contributed by atoms with Crippen LogP contribution in [0.5, 0.6) is 0 Å². The van der Waals surface area contributed by atoms with Gasteiger partial charge in [-0.2, -0.15) is 0 Å². The van der Waals surface area contributed by atoms with Gasteiger partial charge >= 0.3 is 0 Å². The maximum Gasteiger partial charge on any atom is 0.220 e. The average molecular weight is 598 g/mol. The first-order valence-electron chi connectivity index (χ1n) is 17.6. The summed E-state index contributed by atoms with van der Waals surface area (Å²) < 4.78 is 0. The van der Waals surface area contributed by atoms with Crippen molar-refractivity contribution in [3.8, 4) is 0 Å². The van der Waals surface area contributed by atoms with E-state index < -0.39 is 12.1 Å². The van der Waals surface area contributed by atoms with Crippen LogP contribution in [-0.4, -0.2) is 34.9 Å². The predicted octanol–water partition coefficient (Wildman–Crippen LogP) is 10.4. The quantitative estimate of drug-likeness (QED) is 0.0570. The summed E-state index contributed by atoms with van der Waals surface area (Å²) in [5, 5.41) is 22.8. The van der Waals surface area contributed by atoms with Gasteiger partial charge in [-0.15, -0.1) is 0 Å². The van der Waals surface area contributed by atoms with Crippen LogP contribution in [0.4, 0.5) is 0 Å². The molecule has 2 unspecified atom stereocenters. The summed E-state index contributed by atoms with van der Waals surface area (Å²) in [5.74, 6) is -0.0568. The highest BCUT2D eigenvalue weighted by Gasteiger charge is 2.19. The van der Waals surface area contributed by atoms with E-state index in [1.54, 1.807) is 0 Å². The first-order valence-corrected chi connectivity index (χ1v) is 17.6. The number of unbranched alkanes of at least 4 members (excludes halogenated alkanes) is 11. The number of allylic oxidation sites excluding steroid dienone is 12. The van der Waals surface area contributed by atoms with E-state index in [4.69, 9.17) is 0 Å². The Bertz CT molecular complexity index is 777. The van der Waals surface area contributed by atoms with E-state index in [2.05, 4.69) is 92.1 Å². The first kappa shape index (κ1) is 40.8. The van der Waals surface area contributed by atoms with Gasteiger partial charge in [-0.3, -0.25) is 4.79 Å². The summed E-state index contributed by atoms with van der Waals surface area (Å²) >= 11 is 0. The maximum atomic E-state index is 12.2. The normalized spacial score (nSPS) is 14.0. The minimum absolute atomic E-state index is 0.0568. The van der Waals surface area contributed by atoms with Gasteiger partial charge in [-0.1, -0.05) is 151 Å². The van der Waals surface area contributed by atoms with Gasteiger partial charge in [-0.05, 0) is 64.2 Å². The molecule has 0 fully saturated rings. The molecule has 246 valence electrons. The Morgan fingerprint density at radius 1 is 0.581 bits per heavy atom. The fraction of sp³-hybridized carbons (Fsp3) is 0.667. The summed E-state index contributed by atoms with van der Waals surface area (Å²) in [4.78, 5) is 12.2. The largest absolute Gasteiger partial charge is 0.394 e. The second kappa shape index (κ2) is 34.3. The summed E-state index contributed by atoms with van der Waals surface area (Å²) in [6.45, 7) is 4.15. The zero-order valence-corrected chi connectivity index (χ0v) is 27.9. The summed E-state index contributed by atoms with van der Waals surface area (Å²) in [6, 6.07) is -0.544. The molecule has 0 heterocycles. The Morgan fingerprint density at radius 2 is 1.02 bits per heavy atom. The fourth-order valence-corrected chi connectivity index (χ4v) is 4.77. The van der Waals surface area contributed by atoms with Crippen molar-refractivity contribution in [1.29, 1.82) is 0 Å². The number of aliphatic hydroxyl groups excluding tert-OH is 2. The molecular formula is C39H67NO3. The van der Waals surface area contributed by atoms with E-state index in [1.807, 2.05) is 0 Å². The third-order valence-corrected chi connectivity index (χ3v) is 7.48. The van der Waals surface area contributed by atoms with Crippen LogP contribution in [0.1, 0.15) is 149 Å². The number of hydrogen-bond acceptors (Lipinski definition) is 3. The van der Waals surface area contributed by atoms with Crippen LogP contribution < -0.4 is 5.32 Å². The molecule has 43 heavy (non-hydrogen) atoms. The minimum atomic E-state index is -0.665. The molecule has 0 aromatic carbocycles. The Hall–Kier alpha value is -2.17. The number of nitrogens with one attached hydrogen (secondary N) is 1. The van der Waals surface area contributed by atoms with Crippen LogP contribution in [0.3, 0.4) is 0 Å². The van der Waals surface area contributed by atoms with Crippen LogP contribution in [0.25, 0.3) is 0 Å². The molecule has 0 saturated heterocycles. The molecule has 4 nitrogen and oxygen atoms in total. The highest BCUT2D eigenvalue weighted by molar-refractivity contribution is 5.76. The Balaban J connectivity index is 3.63. The van der Waals surface area contributed by atoms with Crippen molar-refractivity contribution < 1.29 is 15.0 Å². The number of carbonyl (C=O) groups excluding carboxylic acids is 1. The molecule has 0 aliphatic carbocycles. The monoisotopic (exact) mass is 598 g/mol. The van der Waals surface area contributed by atoms with Gasteiger partial charge < -0.3 is 15.5 Å². The summed E-state index contributed by atoms with van der Waals surface area (Å²) in [5.41, 5.74) is 0. The molecule has 0 radical (unpaired) electrons. The van der Waals surface area contributed by atoms with Gasteiger partial charge in [0.05, 0.1) is 18.8 Å². The van der Waals surface area contributed by atoms with Crippen molar-refractivity contribution >= 4 is 5.91 Å². The number of amides is 1. The second-order valence-corrected chi connectivity index (χ2v) is 11.6. The van der Waals surface area contributed by atoms with Crippen LogP contribution in [0, 0.1) is 0 Å². The molecule has 4 heteroatoms. The van der Waals surface area contributed by atoms with E-state index >= 15 is 0 Å². The molecule has 0 spiro atoms. The van der Waals surface area contributed by atoms with Crippen LogP contribution in [-0.2, 0) is 4.79 Å². The lowest BCUT2D eigenvalue weighted by atomic mass is 10.0. The predicted molar refractivity (Wildman–Crippen MR) is 188 cm³/mol. The molecule has 1 amide bonds. The molecule has 0 aliphatic rings. The van der Waals surface area contributed by atoms with Gasteiger partial charge in [0.1, 0.15) is 0 Å². The van der Waals surface area contributed by atoms with Gasteiger partial charge in [0.25, 0.3) is 0 Å². The van der Waals surface area contributed by atoms with Gasteiger partial charge in [0.2, 0.25) is 5.91 Å². The lowest BCUT2D eigenvalue weighted by molar-refractivity contribution is -0.123. The van der Waals surface area contributed by atoms with Gasteiger partial charge in [-0.25, -0.2) is 0 Å². The Labute approximate surface area is 266 Å². The smallest absolute Gasteiger partial charge is 0.220 e. The van der Waals surface area contributed by atoms with E-state index in [-0.39, 0.29) is 12.5 Å². The molecular weight excluding hydrogens is 530 g/mol.